The van der Waals surface area contributed by atoms with E-state index in [1.54, 1.807) is 33.0 Å². The quantitative estimate of drug-likeness (QED) is 0.740. The van der Waals surface area contributed by atoms with Crippen LogP contribution in [0.5, 0.6) is 0 Å². The Morgan fingerprint density at radius 3 is 2.30 bits per heavy atom. The molecule has 1 rings (SSSR count). The van der Waals surface area contributed by atoms with Crippen LogP contribution in [0.1, 0.15) is 34.6 Å². The van der Waals surface area contributed by atoms with Crippen molar-refractivity contribution < 1.29 is 14.3 Å². The first kappa shape index (κ1) is 18.5. The van der Waals surface area contributed by atoms with Crippen molar-refractivity contribution in [1.29, 1.82) is 0 Å². The molecule has 0 spiro atoms. The lowest BCUT2D eigenvalue weighted by molar-refractivity contribution is 0.0506. The van der Waals surface area contributed by atoms with Gasteiger partial charge in [0.1, 0.15) is 11.4 Å². The maximum absolute atomic E-state index is 11.7. The molecule has 8 heteroatoms. The maximum atomic E-state index is 11.7. The number of nitrogens with zero attached hydrogens (tertiary/aromatic N) is 2. The average molecular weight is 323 g/mol. The molecule has 3 N–H and O–H groups in total. The summed E-state index contributed by atoms with van der Waals surface area (Å²) in [4.78, 5) is 29.5. The van der Waals surface area contributed by atoms with Crippen LogP contribution < -0.4 is 21.1 Å². The van der Waals surface area contributed by atoms with Gasteiger partial charge in [0.05, 0.1) is 11.9 Å². The number of nitrogens with one attached hydrogen (secondary N) is 3. The van der Waals surface area contributed by atoms with Gasteiger partial charge in [0.2, 0.25) is 0 Å². The van der Waals surface area contributed by atoms with E-state index in [9.17, 15) is 9.59 Å². The van der Waals surface area contributed by atoms with E-state index in [0.717, 1.165) is 18.9 Å². The number of hydrogen-bond acceptors (Lipinski definition) is 5. The predicted molar refractivity (Wildman–Crippen MR) is 89.3 cm³/mol. The number of rotatable bonds is 4. The monoisotopic (exact) mass is 323 g/mol. The van der Waals surface area contributed by atoms with E-state index in [0.29, 0.717) is 5.69 Å². The molecule has 0 aliphatic rings. The standard InChI is InChI=1S/C15H25N5O3/c1-6-20(7-2)12-9-8-11(10-16-12)17-13(21)18-19-14(22)23-15(3,4)5/h8-10H,6-7H2,1-5H3,(H,19,22)(H2,17,18,21). The third-order valence-electron chi connectivity index (χ3n) is 2.77. The van der Waals surface area contributed by atoms with Crippen molar-refractivity contribution in [2.75, 3.05) is 23.3 Å². The van der Waals surface area contributed by atoms with E-state index in [-0.39, 0.29) is 0 Å². The molecule has 0 unspecified atom stereocenters. The van der Waals surface area contributed by atoms with Gasteiger partial charge in [-0.3, -0.25) is 0 Å². The first-order valence-corrected chi connectivity index (χ1v) is 7.52. The topological polar surface area (TPSA) is 95.6 Å². The number of hydrogen-bond donors (Lipinski definition) is 3. The van der Waals surface area contributed by atoms with Gasteiger partial charge in [0.15, 0.2) is 0 Å². The van der Waals surface area contributed by atoms with Crippen LogP contribution in [0.4, 0.5) is 21.1 Å². The van der Waals surface area contributed by atoms with Gasteiger partial charge >= 0.3 is 12.1 Å². The van der Waals surface area contributed by atoms with Crippen molar-refractivity contribution >= 4 is 23.6 Å². The first-order valence-electron chi connectivity index (χ1n) is 7.52. The minimum absolute atomic E-state index is 0.518. The minimum Gasteiger partial charge on any atom is -0.443 e. The number of anilines is 2. The Bertz CT molecular complexity index is 521. The summed E-state index contributed by atoms with van der Waals surface area (Å²) >= 11 is 0. The molecule has 0 radical (unpaired) electrons. The van der Waals surface area contributed by atoms with Gasteiger partial charge in [-0.25, -0.2) is 25.4 Å². The molecule has 0 saturated carbocycles. The summed E-state index contributed by atoms with van der Waals surface area (Å²) in [5, 5.41) is 2.56. The number of urea groups is 1. The lowest BCUT2D eigenvalue weighted by atomic mass is 10.2. The van der Waals surface area contributed by atoms with Gasteiger partial charge in [0.25, 0.3) is 0 Å². The SMILES string of the molecule is CCN(CC)c1ccc(NC(=O)NNC(=O)OC(C)(C)C)cn1. The smallest absolute Gasteiger partial charge is 0.426 e. The second-order valence-corrected chi connectivity index (χ2v) is 5.78. The van der Waals surface area contributed by atoms with Crippen molar-refractivity contribution in [3.05, 3.63) is 18.3 Å². The van der Waals surface area contributed by atoms with Gasteiger partial charge in [0, 0.05) is 13.1 Å². The summed E-state index contributed by atoms with van der Waals surface area (Å²) in [7, 11) is 0. The highest BCUT2D eigenvalue weighted by atomic mass is 16.6. The third kappa shape index (κ3) is 6.86. The number of carbonyl (C=O) groups excluding carboxylic acids is 2. The Morgan fingerprint density at radius 1 is 1.17 bits per heavy atom. The summed E-state index contributed by atoms with van der Waals surface area (Å²) < 4.78 is 4.99. The summed E-state index contributed by atoms with van der Waals surface area (Å²) in [6.07, 6.45) is 0.823. The van der Waals surface area contributed by atoms with E-state index in [1.165, 1.54) is 0 Å². The van der Waals surface area contributed by atoms with Crippen molar-refractivity contribution in [3.63, 3.8) is 0 Å². The number of carbonyl (C=O) groups is 2. The van der Waals surface area contributed by atoms with Crippen molar-refractivity contribution in [2.24, 2.45) is 0 Å². The highest BCUT2D eigenvalue weighted by molar-refractivity contribution is 5.90. The fourth-order valence-corrected chi connectivity index (χ4v) is 1.77. The van der Waals surface area contributed by atoms with Gasteiger partial charge in [-0.2, -0.15) is 0 Å². The number of aromatic nitrogens is 1. The van der Waals surface area contributed by atoms with Gasteiger partial charge in [-0.05, 0) is 46.8 Å². The van der Waals surface area contributed by atoms with Crippen molar-refractivity contribution in [2.45, 2.75) is 40.2 Å². The fourth-order valence-electron chi connectivity index (χ4n) is 1.77. The van der Waals surface area contributed by atoms with E-state index in [4.69, 9.17) is 4.74 Å². The number of hydrazine groups is 1. The van der Waals surface area contributed by atoms with Crippen LogP contribution in [0, 0.1) is 0 Å². The molecule has 128 valence electrons. The van der Waals surface area contributed by atoms with Crippen LogP contribution in [0.3, 0.4) is 0 Å². The maximum Gasteiger partial charge on any atom is 0.426 e. The van der Waals surface area contributed by atoms with Crippen LogP contribution in [0.25, 0.3) is 0 Å². The molecule has 8 nitrogen and oxygen atoms in total. The summed E-state index contributed by atoms with van der Waals surface area (Å²) in [5.41, 5.74) is 4.24. The lowest BCUT2D eigenvalue weighted by Crippen LogP contribution is -2.46. The molecule has 23 heavy (non-hydrogen) atoms. The molecule has 1 aromatic rings. The molecule has 3 amide bonds. The Hall–Kier alpha value is -2.51. The summed E-state index contributed by atoms with van der Waals surface area (Å²) in [5.74, 6) is 0.841. The molecule has 0 bridgehead atoms. The first-order chi connectivity index (χ1) is 10.7. The molecule has 1 heterocycles. The van der Waals surface area contributed by atoms with Crippen LogP contribution in [0.15, 0.2) is 18.3 Å². The van der Waals surface area contributed by atoms with Crippen LogP contribution in [-0.2, 0) is 4.74 Å². The minimum atomic E-state index is -0.734. The molecule has 0 atom stereocenters. The summed E-state index contributed by atoms with van der Waals surface area (Å²) in [6, 6.07) is 2.98. The molecular weight excluding hydrogens is 298 g/mol. The molecule has 0 fully saturated rings. The van der Waals surface area contributed by atoms with Crippen molar-refractivity contribution in [3.8, 4) is 0 Å². The number of ether oxygens (including phenoxy) is 1. The summed E-state index contributed by atoms with van der Waals surface area (Å²) in [6.45, 7) is 11.0. The molecular formula is C15H25N5O3. The van der Waals surface area contributed by atoms with Crippen LogP contribution in [-0.4, -0.2) is 35.8 Å². The normalized spacial score (nSPS) is 10.7. The largest absolute Gasteiger partial charge is 0.443 e. The van der Waals surface area contributed by atoms with E-state index >= 15 is 0 Å². The van der Waals surface area contributed by atoms with Crippen LogP contribution >= 0.6 is 0 Å². The number of pyridine rings is 1. The van der Waals surface area contributed by atoms with Gasteiger partial charge in [-0.1, -0.05) is 0 Å². The van der Waals surface area contributed by atoms with Crippen LogP contribution in [0.2, 0.25) is 0 Å². The Labute approximate surface area is 136 Å². The van der Waals surface area contributed by atoms with E-state index < -0.39 is 17.7 Å². The molecule has 0 saturated heterocycles. The molecule has 1 aromatic heterocycles. The predicted octanol–water partition coefficient (Wildman–Crippen LogP) is 2.49. The van der Waals surface area contributed by atoms with Gasteiger partial charge < -0.3 is 15.0 Å². The molecule has 0 aliphatic carbocycles. The highest BCUT2D eigenvalue weighted by Crippen LogP contribution is 2.13. The zero-order valence-electron chi connectivity index (χ0n) is 14.3. The average Bonchev–Trinajstić information content (AvgIpc) is 2.46. The Morgan fingerprint density at radius 2 is 1.83 bits per heavy atom. The second-order valence-electron chi connectivity index (χ2n) is 5.78. The van der Waals surface area contributed by atoms with Gasteiger partial charge in [-0.15, -0.1) is 0 Å². The molecule has 0 aromatic carbocycles. The zero-order valence-corrected chi connectivity index (χ0v) is 14.3. The second kappa shape index (κ2) is 8.21. The third-order valence-corrected chi connectivity index (χ3v) is 2.77. The highest BCUT2D eigenvalue weighted by Gasteiger charge is 2.16. The Kier molecular flexibility index (Phi) is 6.62. The Balaban J connectivity index is 2.47. The lowest BCUT2D eigenvalue weighted by Gasteiger charge is -2.20. The zero-order chi connectivity index (χ0) is 17.5. The fraction of sp³-hybridized carbons (Fsp3) is 0.533. The van der Waals surface area contributed by atoms with Crippen molar-refractivity contribution in [1.82, 2.24) is 15.8 Å². The van der Waals surface area contributed by atoms with E-state index in [1.807, 2.05) is 19.9 Å². The number of amides is 3. The molecule has 0 aliphatic heterocycles. The van der Waals surface area contributed by atoms with E-state index in [2.05, 4.69) is 26.1 Å².